The fourth-order valence-corrected chi connectivity index (χ4v) is 2.64. The van der Waals surface area contributed by atoms with Gasteiger partial charge in [0.1, 0.15) is 0 Å². The van der Waals surface area contributed by atoms with Crippen LogP contribution in [0.15, 0.2) is 60.7 Å². The normalized spacial score (nSPS) is 10.3. The van der Waals surface area contributed by atoms with Gasteiger partial charge in [0.2, 0.25) is 0 Å². The number of fused-ring (bicyclic) bond motifs is 1. The highest BCUT2D eigenvalue weighted by Crippen LogP contribution is 2.29. The third-order valence-corrected chi connectivity index (χ3v) is 3.99. The number of benzene rings is 3. The predicted molar refractivity (Wildman–Crippen MR) is 102 cm³/mol. The van der Waals surface area contributed by atoms with Gasteiger partial charge in [0, 0.05) is 11.8 Å². The van der Waals surface area contributed by atoms with Gasteiger partial charge in [0.25, 0.3) is 5.91 Å². The molecule has 0 unspecified atom stereocenters. The average Bonchev–Trinajstić information content (AvgIpc) is 2.71. The summed E-state index contributed by atoms with van der Waals surface area (Å²) in [5.74, 6) is 0.0428. The van der Waals surface area contributed by atoms with E-state index in [4.69, 9.17) is 14.2 Å². The molecular weight excluding hydrogens is 346 g/mol. The number of hydrogen-bond acceptors (Lipinski definition) is 5. The first-order valence-electron chi connectivity index (χ1n) is 8.28. The third kappa shape index (κ3) is 4.36. The Balaban J connectivity index is 1.60. The number of methoxy groups -OCH3 is 2. The predicted octanol–water partition coefficient (Wildman–Crippen LogP) is 3.65. The van der Waals surface area contributed by atoms with E-state index in [0.29, 0.717) is 22.7 Å². The van der Waals surface area contributed by atoms with Gasteiger partial charge in [-0.1, -0.05) is 30.3 Å². The zero-order valence-electron chi connectivity index (χ0n) is 15.0. The Bertz CT molecular complexity index is 983. The molecule has 27 heavy (non-hydrogen) atoms. The van der Waals surface area contributed by atoms with Gasteiger partial charge in [-0.15, -0.1) is 0 Å². The standard InChI is InChI=1S/C21H19NO5/c1-25-18-10-9-17(12-19(18)26-2)22-20(23)13-27-21(24)16-8-7-14-5-3-4-6-15(14)11-16/h3-12H,13H2,1-2H3,(H,22,23). The van der Waals surface area contributed by atoms with Crippen LogP contribution in [0.3, 0.4) is 0 Å². The maximum Gasteiger partial charge on any atom is 0.338 e. The molecular formula is C21H19NO5. The van der Waals surface area contributed by atoms with Crippen LogP contribution < -0.4 is 14.8 Å². The van der Waals surface area contributed by atoms with Crippen molar-refractivity contribution in [2.75, 3.05) is 26.1 Å². The molecule has 0 aliphatic heterocycles. The number of anilines is 1. The molecule has 0 aromatic heterocycles. The number of rotatable bonds is 6. The number of carbonyl (C=O) groups excluding carboxylic acids is 2. The lowest BCUT2D eigenvalue weighted by Crippen LogP contribution is -2.21. The van der Waals surface area contributed by atoms with Gasteiger partial charge < -0.3 is 19.5 Å². The second-order valence-electron chi connectivity index (χ2n) is 5.76. The maximum absolute atomic E-state index is 12.2. The van der Waals surface area contributed by atoms with Crippen LogP contribution in [0.1, 0.15) is 10.4 Å². The minimum atomic E-state index is -0.553. The quantitative estimate of drug-likeness (QED) is 0.675. The van der Waals surface area contributed by atoms with Crippen molar-refractivity contribution in [3.05, 3.63) is 66.2 Å². The molecule has 3 rings (SSSR count). The van der Waals surface area contributed by atoms with E-state index >= 15 is 0 Å². The molecule has 6 heteroatoms. The molecule has 3 aromatic carbocycles. The topological polar surface area (TPSA) is 73.9 Å². The van der Waals surface area contributed by atoms with Crippen LogP contribution in [0.2, 0.25) is 0 Å². The largest absolute Gasteiger partial charge is 0.493 e. The van der Waals surface area contributed by atoms with Gasteiger partial charge in [0.05, 0.1) is 19.8 Å². The summed E-state index contributed by atoms with van der Waals surface area (Å²) in [6.07, 6.45) is 0. The summed E-state index contributed by atoms with van der Waals surface area (Å²) in [6, 6.07) is 17.9. The molecule has 1 N–H and O–H groups in total. The van der Waals surface area contributed by atoms with E-state index in [2.05, 4.69) is 5.32 Å². The molecule has 0 fully saturated rings. The Morgan fingerprint density at radius 1 is 0.852 bits per heavy atom. The molecule has 0 bridgehead atoms. The van der Waals surface area contributed by atoms with Gasteiger partial charge in [0.15, 0.2) is 18.1 Å². The first-order valence-corrected chi connectivity index (χ1v) is 8.28. The Morgan fingerprint density at radius 3 is 2.33 bits per heavy atom. The van der Waals surface area contributed by atoms with E-state index < -0.39 is 11.9 Å². The Labute approximate surface area is 156 Å². The Morgan fingerprint density at radius 2 is 1.59 bits per heavy atom. The van der Waals surface area contributed by atoms with Crippen LogP contribution in [0.25, 0.3) is 10.8 Å². The van der Waals surface area contributed by atoms with Crippen molar-refractivity contribution in [1.82, 2.24) is 0 Å². The van der Waals surface area contributed by atoms with Crippen LogP contribution in [-0.4, -0.2) is 32.7 Å². The first kappa shape index (κ1) is 18.3. The smallest absolute Gasteiger partial charge is 0.338 e. The minimum absolute atomic E-state index is 0.389. The summed E-state index contributed by atoms with van der Waals surface area (Å²) in [5.41, 5.74) is 0.909. The van der Waals surface area contributed by atoms with Crippen LogP contribution in [0.5, 0.6) is 11.5 Å². The second-order valence-corrected chi connectivity index (χ2v) is 5.76. The second kappa shape index (κ2) is 8.23. The number of ether oxygens (including phenoxy) is 3. The van der Waals surface area contributed by atoms with Gasteiger partial charge in [-0.2, -0.15) is 0 Å². The van der Waals surface area contributed by atoms with Gasteiger partial charge >= 0.3 is 5.97 Å². The molecule has 0 aliphatic rings. The molecule has 0 saturated heterocycles. The third-order valence-electron chi connectivity index (χ3n) is 3.99. The van der Waals surface area contributed by atoms with E-state index in [0.717, 1.165) is 10.8 Å². The molecule has 138 valence electrons. The highest BCUT2D eigenvalue weighted by atomic mass is 16.5. The van der Waals surface area contributed by atoms with Crippen molar-refractivity contribution in [1.29, 1.82) is 0 Å². The summed E-state index contributed by atoms with van der Waals surface area (Å²) in [5, 5.41) is 4.61. The average molecular weight is 365 g/mol. The zero-order chi connectivity index (χ0) is 19.2. The molecule has 3 aromatic rings. The number of carbonyl (C=O) groups is 2. The van der Waals surface area contributed by atoms with Crippen molar-refractivity contribution in [2.45, 2.75) is 0 Å². The van der Waals surface area contributed by atoms with Gasteiger partial charge in [-0.25, -0.2) is 4.79 Å². The molecule has 0 radical (unpaired) electrons. The first-order chi connectivity index (χ1) is 13.1. The SMILES string of the molecule is COc1ccc(NC(=O)COC(=O)c2ccc3ccccc3c2)cc1OC. The maximum atomic E-state index is 12.2. The number of hydrogen-bond donors (Lipinski definition) is 1. The lowest BCUT2D eigenvalue weighted by atomic mass is 10.1. The highest BCUT2D eigenvalue weighted by Gasteiger charge is 2.12. The zero-order valence-corrected chi connectivity index (χ0v) is 15.0. The summed E-state index contributed by atoms with van der Waals surface area (Å²) in [7, 11) is 3.04. The van der Waals surface area contributed by atoms with Crippen molar-refractivity contribution in [3.63, 3.8) is 0 Å². The Kier molecular flexibility index (Phi) is 5.56. The molecule has 0 saturated carbocycles. The molecule has 0 aliphatic carbocycles. The summed E-state index contributed by atoms with van der Waals surface area (Å²) in [4.78, 5) is 24.2. The number of esters is 1. The molecule has 0 spiro atoms. The fraction of sp³-hybridized carbons (Fsp3) is 0.143. The number of nitrogens with one attached hydrogen (secondary N) is 1. The van der Waals surface area contributed by atoms with E-state index in [1.165, 1.54) is 14.2 Å². The fourth-order valence-electron chi connectivity index (χ4n) is 2.64. The number of amides is 1. The van der Waals surface area contributed by atoms with Crippen molar-refractivity contribution in [2.24, 2.45) is 0 Å². The molecule has 1 amide bonds. The van der Waals surface area contributed by atoms with E-state index in [9.17, 15) is 9.59 Å². The lowest BCUT2D eigenvalue weighted by Gasteiger charge is -2.11. The molecule has 0 atom stereocenters. The Hall–Kier alpha value is -3.54. The lowest BCUT2D eigenvalue weighted by molar-refractivity contribution is -0.119. The molecule has 0 heterocycles. The molecule has 6 nitrogen and oxygen atoms in total. The van der Waals surface area contributed by atoms with Gasteiger partial charge in [-0.05, 0) is 35.0 Å². The monoisotopic (exact) mass is 365 g/mol. The van der Waals surface area contributed by atoms with Gasteiger partial charge in [-0.3, -0.25) is 4.79 Å². The highest BCUT2D eigenvalue weighted by molar-refractivity contribution is 5.98. The summed E-state index contributed by atoms with van der Waals surface area (Å²) in [6.45, 7) is -0.389. The minimum Gasteiger partial charge on any atom is -0.493 e. The van der Waals surface area contributed by atoms with Crippen molar-refractivity contribution in [3.8, 4) is 11.5 Å². The van der Waals surface area contributed by atoms with E-state index in [1.807, 2.05) is 30.3 Å². The van der Waals surface area contributed by atoms with E-state index in [1.54, 1.807) is 30.3 Å². The van der Waals surface area contributed by atoms with Crippen LogP contribution >= 0.6 is 0 Å². The van der Waals surface area contributed by atoms with Crippen LogP contribution in [0, 0.1) is 0 Å². The van der Waals surface area contributed by atoms with E-state index in [-0.39, 0.29) is 6.61 Å². The van der Waals surface area contributed by atoms with Crippen LogP contribution in [0.4, 0.5) is 5.69 Å². The van der Waals surface area contributed by atoms with Crippen molar-refractivity contribution >= 4 is 28.3 Å². The summed E-state index contributed by atoms with van der Waals surface area (Å²) < 4.78 is 15.4. The van der Waals surface area contributed by atoms with Crippen LogP contribution in [-0.2, 0) is 9.53 Å². The van der Waals surface area contributed by atoms with Crippen molar-refractivity contribution < 1.29 is 23.8 Å². The summed E-state index contributed by atoms with van der Waals surface area (Å²) >= 11 is 0.